The van der Waals surface area contributed by atoms with Gasteiger partial charge >= 0.3 is 5.97 Å². The fourth-order valence-corrected chi connectivity index (χ4v) is 4.05. The number of ether oxygens (including phenoxy) is 1. The molecule has 0 saturated carbocycles. The third-order valence-corrected chi connectivity index (χ3v) is 5.62. The smallest absolute Gasteiger partial charge is 0.348 e. The van der Waals surface area contributed by atoms with E-state index >= 15 is 0 Å². The van der Waals surface area contributed by atoms with Crippen molar-refractivity contribution < 1.29 is 18.7 Å². The van der Waals surface area contributed by atoms with Crippen LogP contribution in [-0.2, 0) is 16.1 Å². The fraction of sp³-hybridized carbons (Fsp3) is 0.300. The van der Waals surface area contributed by atoms with Crippen LogP contribution < -0.4 is 10.5 Å². The Morgan fingerprint density at radius 1 is 1.24 bits per heavy atom. The number of benzene rings is 1. The van der Waals surface area contributed by atoms with Gasteiger partial charge in [0.2, 0.25) is 5.91 Å². The zero-order valence-corrected chi connectivity index (χ0v) is 17.1. The van der Waals surface area contributed by atoms with Gasteiger partial charge in [0.05, 0.1) is 18.3 Å². The molecule has 0 unspecified atom stereocenters. The van der Waals surface area contributed by atoms with E-state index in [2.05, 4.69) is 4.98 Å². The summed E-state index contributed by atoms with van der Waals surface area (Å²) in [7, 11) is 0. The number of esters is 1. The molecule has 1 amide bonds. The first-order valence-electron chi connectivity index (χ1n) is 9.08. The Balaban J connectivity index is 1.93. The number of hydrogen-bond acceptors (Lipinski definition) is 6. The van der Waals surface area contributed by atoms with E-state index in [1.54, 1.807) is 20.8 Å². The minimum absolute atomic E-state index is 0.225. The summed E-state index contributed by atoms with van der Waals surface area (Å²) in [6.07, 6.45) is 1.30. The second-order valence-corrected chi connectivity index (χ2v) is 7.25. The summed E-state index contributed by atoms with van der Waals surface area (Å²) in [6.45, 7) is 5.53. The lowest BCUT2D eigenvalue weighted by Gasteiger charge is -2.21. The summed E-state index contributed by atoms with van der Waals surface area (Å²) in [6, 6.07) is 5.57. The van der Waals surface area contributed by atoms with Crippen molar-refractivity contribution in [2.45, 2.75) is 27.3 Å². The molecule has 9 heteroatoms. The van der Waals surface area contributed by atoms with E-state index in [1.165, 1.54) is 40.1 Å². The number of aromatic nitrogens is 2. The van der Waals surface area contributed by atoms with E-state index in [-0.39, 0.29) is 19.1 Å². The van der Waals surface area contributed by atoms with Crippen LogP contribution in [0.1, 0.15) is 29.1 Å². The number of rotatable bonds is 6. The van der Waals surface area contributed by atoms with Crippen molar-refractivity contribution >= 4 is 39.1 Å². The summed E-state index contributed by atoms with van der Waals surface area (Å²) in [5.41, 5.74) is 0.633. The van der Waals surface area contributed by atoms with Crippen LogP contribution in [0.4, 0.5) is 10.1 Å². The molecule has 0 radical (unpaired) electrons. The Hall–Kier alpha value is -3.07. The van der Waals surface area contributed by atoms with Crippen molar-refractivity contribution in [1.29, 1.82) is 0 Å². The van der Waals surface area contributed by atoms with E-state index < -0.39 is 17.3 Å². The highest BCUT2D eigenvalue weighted by molar-refractivity contribution is 7.20. The second-order valence-electron chi connectivity index (χ2n) is 6.25. The Labute approximate surface area is 170 Å². The number of anilines is 1. The van der Waals surface area contributed by atoms with Crippen LogP contribution in [-0.4, -0.2) is 34.6 Å². The topological polar surface area (TPSA) is 81.5 Å². The average Bonchev–Trinajstić information content (AvgIpc) is 3.03. The molecule has 2 heterocycles. The van der Waals surface area contributed by atoms with Crippen molar-refractivity contribution in [3.05, 3.63) is 57.2 Å². The number of fused-ring (bicyclic) bond motifs is 1. The molecule has 0 bridgehead atoms. The van der Waals surface area contributed by atoms with Crippen LogP contribution in [0.5, 0.6) is 0 Å². The lowest BCUT2D eigenvalue weighted by atomic mass is 10.2. The first kappa shape index (κ1) is 20.7. The average molecular weight is 417 g/mol. The Bertz CT molecular complexity index is 1120. The Kier molecular flexibility index (Phi) is 6.07. The monoisotopic (exact) mass is 417 g/mol. The number of halogens is 1. The Morgan fingerprint density at radius 2 is 1.93 bits per heavy atom. The van der Waals surface area contributed by atoms with Crippen molar-refractivity contribution in [3.8, 4) is 0 Å². The van der Waals surface area contributed by atoms with Gasteiger partial charge in [0, 0.05) is 12.2 Å². The molecule has 0 spiro atoms. The number of carbonyl (C=O) groups excluding carboxylic acids is 2. The maximum absolute atomic E-state index is 13.2. The number of hydrogen-bond donors (Lipinski definition) is 0. The minimum Gasteiger partial charge on any atom is -0.462 e. The second kappa shape index (κ2) is 8.52. The summed E-state index contributed by atoms with van der Waals surface area (Å²) < 4.78 is 19.4. The van der Waals surface area contributed by atoms with Crippen molar-refractivity contribution in [2.75, 3.05) is 18.1 Å². The molecule has 152 valence electrons. The predicted molar refractivity (Wildman–Crippen MR) is 109 cm³/mol. The predicted octanol–water partition coefficient (Wildman–Crippen LogP) is 3.14. The molecule has 0 saturated heterocycles. The molecule has 1 aromatic carbocycles. The normalized spacial score (nSPS) is 10.9. The largest absolute Gasteiger partial charge is 0.462 e. The van der Waals surface area contributed by atoms with Crippen LogP contribution in [0, 0.1) is 12.7 Å². The Morgan fingerprint density at radius 3 is 2.55 bits per heavy atom. The molecule has 0 fully saturated rings. The summed E-state index contributed by atoms with van der Waals surface area (Å²) in [5, 5.41) is 0.304. The van der Waals surface area contributed by atoms with Gasteiger partial charge in [0.1, 0.15) is 22.1 Å². The lowest BCUT2D eigenvalue weighted by molar-refractivity contribution is -0.119. The molecule has 0 aliphatic carbocycles. The van der Waals surface area contributed by atoms with E-state index in [0.717, 1.165) is 11.3 Å². The van der Waals surface area contributed by atoms with Gasteiger partial charge in [-0.25, -0.2) is 14.2 Å². The van der Waals surface area contributed by atoms with Crippen molar-refractivity contribution in [2.24, 2.45) is 0 Å². The highest BCUT2D eigenvalue weighted by Gasteiger charge is 2.22. The zero-order valence-electron chi connectivity index (χ0n) is 16.3. The molecular weight excluding hydrogens is 397 g/mol. The van der Waals surface area contributed by atoms with Crippen LogP contribution >= 0.6 is 11.3 Å². The number of carbonyl (C=O) groups is 2. The van der Waals surface area contributed by atoms with E-state index in [0.29, 0.717) is 32.9 Å². The molecular formula is C20H20FN3O4S. The van der Waals surface area contributed by atoms with Gasteiger partial charge < -0.3 is 9.64 Å². The molecule has 0 atom stereocenters. The first-order valence-corrected chi connectivity index (χ1v) is 9.90. The van der Waals surface area contributed by atoms with Crippen molar-refractivity contribution in [3.63, 3.8) is 0 Å². The fourth-order valence-electron chi connectivity index (χ4n) is 3.02. The van der Waals surface area contributed by atoms with E-state index in [9.17, 15) is 18.8 Å². The number of amides is 1. The molecule has 7 nitrogen and oxygen atoms in total. The van der Waals surface area contributed by atoms with Crippen LogP contribution in [0.2, 0.25) is 0 Å². The highest BCUT2D eigenvalue weighted by Crippen LogP contribution is 2.27. The molecule has 2 aromatic heterocycles. The number of aryl methyl sites for hydroxylation is 1. The SMILES string of the molecule is CCOC(=O)c1sc2ncn(CC(=O)N(CC)c3ccc(F)cc3)c(=O)c2c1C. The molecule has 29 heavy (non-hydrogen) atoms. The third kappa shape index (κ3) is 4.04. The highest BCUT2D eigenvalue weighted by atomic mass is 32.1. The standard InChI is InChI=1S/C20H20FN3O4S/c1-4-24(14-8-6-13(21)7-9-14)15(25)10-23-11-22-18-16(19(23)26)12(3)17(29-18)20(27)28-5-2/h6-9,11H,4-5,10H2,1-3H3. The summed E-state index contributed by atoms with van der Waals surface area (Å²) in [4.78, 5) is 44.2. The van der Waals surface area contributed by atoms with Crippen molar-refractivity contribution in [1.82, 2.24) is 9.55 Å². The molecule has 3 aromatic rings. The number of thiophene rings is 1. The number of likely N-dealkylation sites (N-methyl/N-ethyl adjacent to an activating group) is 1. The van der Waals surface area contributed by atoms with E-state index in [4.69, 9.17) is 4.74 Å². The quantitative estimate of drug-likeness (QED) is 0.576. The summed E-state index contributed by atoms with van der Waals surface area (Å²) >= 11 is 1.09. The van der Waals surface area contributed by atoms with E-state index in [1.807, 2.05) is 0 Å². The molecule has 3 rings (SSSR count). The third-order valence-electron chi connectivity index (χ3n) is 4.44. The van der Waals surface area contributed by atoms with Gasteiger partial charge in [-0.3, -0.25) is 14.2 Å². The number of nitrogens with zero attached hydrogens (tertiary/aromatic N) is 3. The van der Waals surface area contributed by atoms with Gasteiger partial charge in [-0.15, -0.1) is 11.3 Å². The molecule has 0 aliphatic heterocycles. The maximum Gasteiger partial charge on any atom is 0.348 e. The lowest BCUT2D eigenvalue weighted by Crippen LogP contribution is -2.36. The van der Waals surface area contributed by atoms with Gasteiger partial charge in [-0.2, -0.15) is 0 Å². The zero-order chi connectivity index (χ0) is 21.1. The maximum atomic E-state index is 13.2. The van der Waals surface area contributed by atoms with Gasteiger partial charge in [-0.1, -0.05) is 0 Å². The van der Waals surface area contributed by atoms with Gasteiger partial charge in [-0.05, 0) is 50.6 Å². The molecule has 0 aliphatic rings. The first-order chi connectivity index (χ1) is 13.9. The minimum atomic E-state index is -0.497. The van der Waals surface area contributed by atoms with Crippen LogP contribution in [0.3, 0.4) is 0 Å². The van der Waals surface area contributed by atoms with Crippen LogP contribution in [0.25, 0.3) is 10.2 Å². The van der Waals surface area contributed by atoms with Gasteiger partial charge in [0.15, 0.2) is 0 Å². The summed E-state index contributed by atoms with van der Waals surface area (Å²) in [5.74, 6) is -1.22. The molecule has 0 N–H and O–H groups in total. The van der Waals surface area contributed by atoms with Gasteiger partial charge in [0.25, 0.3) is 5.56 Å². The van der Waals surface area contributed by atoms with Crippen LogP contribution in [0.15, 0.2) is 35.4 Å².